The topological polar surface area (TPSA) is 70.3 Å². The highest BCUT2D eigenvalue weighted by molar-refractivity contribution is 6.12. The molecule has 0 spiro atoms. The molecule has 0 atom stereocenters. The van der Waals surface area contributed by atoms with Crippen LogP contribution in [0.15, 0.2) is 45.4 Å². The number of ether oxygens (including phenoxy) is 3. The number of rotatable bonds is 2. The minimum atomic E-state index is -0.512. The van der Waals surface area contributed by atoms with Crippen LogP contribution in [-0.2, 0) is 9.53 Å². The van der Waals surface area contributed by atoms with Crippen molar-refractivity contribution in [3.63, 3.8) is 0 Å². The van der Waals surface area contributed by atoms with E-state index in [9.17, 15) is 4.79 Å². The monoisotopic (exact) mass is 297 g/mol. The third kappa shape index (κ3) is 2.14. The van der Waals surface area contributed by atoms with Crippen molar-refractivity contribution in [3.05, 3.63) is 53.1 Å². The van der Waals surface area contributed by atoms with Crippen LogP contribution >= 0.6 is 0 Å². The number of esters is 1. The lowest BCUT2D eigenvalue weighted by Crippen LogP contribution is -2.05. The number of carbonyl (C=O) groups is 1. The molecular weight excluding hydrogens is 286 g/mol. The first kappa shape index (κ1) is 12.7. The van der Waals surface area contributed by atoms with Crippen LogP contribution in [0.3, 0.4) is 0 Å². The summed E-state index contributed by atoms with van der Waals surface area (Å²) < 4.78 is 21.2. The summed E-state index contributed by atoms with van der Waals surface area (Å²) in [6, 6.07) is 8.83. The van der Waals surface area contributed by atoms with Crippen LogP contribution in [0, 0.1) is 6.92 Å². The Balaban J connectivity index is 1.67. The van der Waals surface area contributed by atoms with Gasteiger partial charge in [0.1, 0.15) is 11.5 Å². The number of fused-ring (bicyclic) bond motifs is 1. The molecule has 2 aliphatic heterocycles. The van der Waals surface area contributed by atoms with E-state index < -0.39 is 5.97 Å². The van der Waals surface area contributed by atoms with Crippen LogP contribution in [0.4, 0.5) is 0 Å². The quantitative estimate of drug-likeness (QED) is 0.629. The molecule has 0 N–H and O–H groups in total. The zero-order valence-electron chi connectivity index (χ0n) is 11.7. The van der Waals surface area contributed by atoms with E-state index in [1.807, 2.05) is 13.0 Å². The standard InChI is InChI=1S/C16H11NO5/c1-9-2-4-11(21-9)7-12-16(18)22-15(17-12)10-3-5-13-14(6-10)20-8-19-13/h2-7H,8H2,1H3/b12-7+. The third-order valence-electron chi connectivity index (χ3n) is 3.28. The summed E-state index contributed by atoms with van der Waals surface area (Å²) in [6.45, 7) is 2.02. The van der Waals surface area contributed by atoms with Crippen LogP contribution < -0.4 is 9.47 Å². The second-order valence-corrected chi connectivity index (χ2v) is 4.85. The summed E-state index contributed by atoms with van der Waals surface area (Å²) >= 11 is 0. The minimum absolute atomic E-state index is 0.189. The first-order valence-electron chi connectivity index (χ1n) is 6.68. The Kier molecular flexibility index (Phi) is 2.75. The highest BCUT2D eigenvalue weighted by Gasteiger charge is 2.26. The van der Waals surface area contributed by atoms with Gasteiger partial charge >= 0.3 is 5.97 Å². The molecule has 0 unspecified atom stereocenters. The summed E-state index contributed by atoms with van der Waals surface area (Å²) in [5, 5.41) is 0. The number of aryl methyl sites for hydroxylation is 1. The molecule has 0 amide bonds. The second-order valence-electron chi connectivity index (χ2n) is 4.85. The third-order valence-corrected chi connectivity index (χ3v) is 3.28. The van der Waals surface area contributed by atoms with Crippen LogP contribution in [-0.4, -0.2) is 18.7 Å². The van der Waals surface area contributed by atoms with Crippen molar-refractivity contribution in [2.24, 2.45) is 4.99 Å². The van der Waals surface area contributed by atoms with Crippen molar-refractivity contribution >= 4 is 17.9 Å². The molecule has 1 aromatic carbocycles. The number of carbonyl (C=O) groups excluding carboxylic acids is 1. The maximum Gasteiger partial charge on any atom is 0.363 e. The van der Waals surface area contributed by atoms with Gasteiger partial charge in [0.05, 0.1) is 0 Å². The van der Waals surface area contributed by atoms with Gasteiger partial charge in [-0.15, -0.1) is 0 Å². The van der Waals surface area contributed by atoms with E-state index in [4.69, 9.17) is 18.6 Å². The lowest BCUT2D eigenvalue weighted by atomic mass is 10.2. The van der Waals surface area contributed by atoms with Gasteiger partial charge in [-0.25, -0.2) is 9.79 Å². The van der Waals surface area contributed by atoms with Crippen LogP contribution in [0.25, 0.3) is 6.08 Å². The zero-order chi connectivity index (χ0) is 15.1. The Hall–Kier alpha value is -3.02. The molecule has 0 aliphatic carbocycles. The van der Waals surface area contributed by atoms with Gasteiger partial charge in [0.25, 0.3) is 0 Å². The summed E-state index contributed by atoms with van der Waals surface area (Å²) in [5.41, 5.74) is 0.846. The van der Waals surface area contributed by atoms with E-state index in [1.54, 1.807) is 30.3 Å². The van der Waals surface area contributed by atoms with Gasteiger partial charge in [0.15, 0.2) is 17.2 Å². The van der Waals surface area contributed by atoms with E-state index in [-0.39, 0.29) is 18.4 Å². The molecule has 0 radical (unpaired) electrons. The molecule has 6 heteroatoms. The van der Waals surface area contributed by atoms with Crippen molar-refractivity contribution in [3.8, 4) is 11.5 Å². The Morgan fingerprint density at radius 1 is 1.14 bits per heavy atom. The molecule has 0 saturated carbocycles. The molecule has 1 aromatic heterocycles. The summed E-state index contributed by atoms with van der Waals surface area (Å²) in [4.78, 5) is 16.1. The Morgan fingerprint density at radius 3 is 2.82 bits per heavy atom. The lowest BCUT2D eigenvalue weighted by molar-refractivity contribution is -0.129. The van der Waals surface area contributed by atoms with Crippen LogP contribution in [0.1, 0.15) is 17.1 Å². The molecule has 0 bridgehead atoms. The molecule has 0 fully saturated rings. The van der Waals surface area contributed by atoms with Gasteiger partial charge in [-0.2, -0.15) is 0 Å². The average Bonchev–Trinajstić information content (AvgIpc) is 3.20. The fourth-order valence-corrected chi connectivity index (χ4v) is 2.23. The smallest absolute Gasteiger partial charge is 0.363 e. The van der Waals surface area contributed by atoms with E-state index in [0.717, 1.165) is 5.76 Å². The minimum Gasteiger partial charge on any atom is -0.462 e. The first-order valence-corrected chi connectivity index (χ1v) is 6.68. The maximum absolute atomic E-state index is 11.9. The van der Waals surface area contributed by atoms with Crippen molar-refractivity contribution in [2.75, 3.05) is 6.79 Å². The van der Waals surface area contributed by atoms with Gasteiger partial charge in [-0.05, 0) is 37.3 Å². The molecule has 2 aromatic rings. The molecule has 4 rings (SSSR count). The van der Waals surface area contributed by atoms with E-state index in [1.165, 1.54) is 0 Å². The van der Waals surface area contributed by atoms with Gasteiger partial charge < -0.3 is 18.6 Å². The highest BCUT2D eigenvalue weighted by atomic mass is 16.7. The number of furan rings is 1. The first-order chi connectivity index (χ1) is 10.7. The van der Waals surface area contributed by atoms with Crippen LogP contribution in [0.5, 0.6) is 11.5 Å². The van der Waals surface area contributed by atoms with Gasteiger partial charge in [-0.3, -0.25) is 0 Å². The molecule has 6 nitrogen and oxygen atoms in total. The number of cyclic esters (lactones) is 1. The van der Waals surface area contributed by atoms with E-state index in [2.05, 4.69) is 4.99 Å². The van der Waals surface area contributed by atoms with Gasteiger partial charge in [-0.1, -0.05) is 0 Å². The molecular formula is C16H11NO5. The zero-order valence-corrected chi connectivity index (χ0v) is 11.7. The predicted molar refractivity (Wildman–Crippen MR) is 76.6 cm³/mol. The molecule has 110 valence electrons. The largest absolute Gasteiger partial charge is 0.462 e. The van der Waals surface area contributed by atoms with Crippen molar-refractivity contribution in [2.45, 2.75) is 6.92 Å². The molecule has 22 heavy (non-hydrogen) atoms. The van der Waals surface area contributed by atoms with Gasteiger partial charge in [0, 0.05) is 11.6 Å². The molecule has 0 saturated heterocycles. The Labute approximate surface area is 125 Å². The number of hydrogen-bond acceptors (Lipinski definition) is 6. The van der Waals surface area contributed by atoms with E-state index >= 15 is 0 Å². The fourth-order valence-electron chi connectivity index (χ4n) is 2.23. The maximum atomic E-state index is 11.9. The number of hydrogen-bond donors (Lipinski definition) is 0. The fraction of sp³-hybridized carbons (Fsp3) is 0.125. The number of benzene rings is 1. The summed E-state index contributed by atoms with van der Waals surface area (Å²) in [6.07, 6.45) is 1.55. The summed E-state index contributed by atoms with van der Waals surface area (Å²) in [7, 11) is 0. The average molecular weight is 297 g/mol. The molecule has 2 aliphatic rings. The SMILES string of the molecule is Cc1ccc(/C=C2/N=C(c3ccc4c(c3)OCO4)OC2=O)o1. The van der Waals surface area contributed by atoms with Crippen molar-refractivity contribution in [1.29, 1.82) is 0 Å². The van der Waals surface area contributed by atoms with Crippen molar-refractivity contribution < 1.29 is 23.4 Å². The normalized spacial score (nSPS) is 17.8. The Morgan fingerprint density at radius 2 is 2.00 bits per heavy atom. The highest BCUT2D eigenvalue weighted by Crippen LogP contribution is 2.33. The van der Waals surface area contributed by atoms with E-state index in [0.29, 0.717) is 22.8 Å². The number of nitrogens with zero attached hydrogens (tertiary/aromatic N) is 1. The second kappa shape index (κ2) is 4.77. The van der Waals surface area contributed by atoms with Crippen LogP contribution in [0.2, 0.25) is 0 Å². The Bertz CT molecular complexity index is 831. The number of aliphatic imine (C=N–C) groups is 1. The predicted octanol–water partition coefficient (Wildman–Crippen LogP) is 2.66. The summed E-state index contributed by atoms with van der Waals surface area (Å²) in [5.74, 6) is 2.31. The van der Waals surface area contributed by atoms with Crippen molar-refractivity contribution in [1.82, 2.24) is 0 Å². The molecule has 3 heterocycles. The van der Waals surface area contributed by atoms with Gasteiger partial charge in [0.2, 0.25) is 12.7 Å². The lowest BCUT2D eigenvalue weighted by Gasteiger charge is -2.01.